The largest absolute Gasteiger partial charge is 0.462 e. The molecule has 0 aliphatic heterocycles. The van der Waals surface area contributed by atoms with E-state index in [0.29, 0.717) is 19.3 Å². The molecule has 1 atom stereocenters. The van der Waals surface area contributed by atoms with E-state index in [1.807, 2.05) is 6.08 Å². The van der Waals surface area contributed by atoms with Gasteiger partial charge in [-0.05, 0) is 77.0 Å². The first-order valence-corrected chi connectivity index (χ1v) is 35.6. The number of ether oxygens (including phenoxy) is 3. The molecule has 0 aliphatic rings. The van der Waals surface area contributed by atoms with E-state index < -0.39 is 12.1 Å². The molecular formula is C76H134O6. The van der Waals surface area contributed by atoms with Crippen molar-refractivity contribution in [2.45, 2.75) is 367 Å². The van der Waals surface area contributed by atoms with E-state index in [2.05, 4.69) is 99.8 Å². The van der Waals surface area contributed by atoms with Crippen molar-refractivity contribution >= 4 is 17.9 Å². The average Bonchev–Trinajstić information content (AvgIpc) is 3.47. The van der Waals surface area contributed by atoms with Gasteiger partial charge in [0.2, 0.25) is 0 Å². The van der Waals surface area contributed by atoms with Crippen LogP contribution >= 0.6 is 0 Å². The first kappa shape index (κ1) is 78.6. The molecule has 0 amide bonds. The zero-order valence-corrected chi connectivity index (χ0v) is 54.5. The Kier molecular flexibility index (Phi) is 67.2. The number of hydrogen-bond acceptors (Lipinski definition) is 6. The van der Waals surface area contributed by atoms with Crippen LogP contribution in [0.1, 0.15) is 361 Å². The third kappa shape index (κ3) is 67.4. The molecule has 0 heterocycles. The fourth-order valence-electron chi connectivity index (χ4n) is 10.3. The summed E-state index contributed by atoms with van der Waals surface area (Å²) in [6.45, 7) is 6.46. The zero-order valence-electron chi connectivity index (χ0n) is 54.5. The highest BCUT2D eigenvalue weighted by Crippen LogP contribution is 2.18. The number of carbonyl (C=O) groups is 3. The second-order valence-electron chi connectivity index (χ2n) is 23.8. The van der Waals surface area contributed by atoms with Gasteiger partial charge in [0.05, 0.1) is 0 Å². The van der Waals surface area contributed by atoms with Gasteiger partial charge < -0.3 is 14.2 Å². The van der Waals surface area contributed by atoms with E-state index in [0.717, 1.165) is 89.9 Å². The molecule has 0 aromatic rings. The van der Waals surface area contributed by atoms with Crippen LogP contribution in [-0.2, 0) is 28.6 Å². The molecular weight excluding hydrogens is 1010 g/mol. The van der Waals surface area contributed by atoms with Gasteiger partial charge in [-0.3, -0.25) is 14.4 Å². The maximum atomic E-state index is 12.9. The lowest BCUT2D eigenvalue weighted by atomic mass is 10.0. The van der Waals surface area contributed by atoms with Gasteiger partial charge >= 0.3 is 17.9 Å². The Morgan fingerprint density at radius 2 is 0.512 bits per heavy atom. The minimum Gasteiger partial charge on any atom is -0.462 e. The monoisotopic (exact) mass is 1140 g/mol. The lowest BCUT2D eigenvalue weighted by molar-refractivity contribution is -0.166. The van der Waals surface area contributed by atoms with Gasteiger partial charge in [0.1, 0.15) is 13.2 Å². The fraction of sp³-hybridized carbons (Fsp3) is 0.776. The molecule has 474 valence electrons. The van der Waals surface area contributed by atoms with E-state index in [9.17, 15) is 14.4 Å². The van der Waals surface area contributed by atoms with Gasteiger partial charge in [-0.25, -0.2) is 0 Å². The van der Waals surface area contributed by atoms with E-state index in [4.69, 9.17) is 14.2 Å². The van der Waals surface area contributed by atoms with Gasteiger partial charge in [0, 0.05) is 19.3 Å². The molecule has 1 unspecified atom stereocenters. The Hall–Kier alpha value is -3.41. The minimum atomic E-state index is -0.820. The normalized spacial score (nSPS) is 12.6. The standard InChI is InChI=1S/C76H134O6/c1-4-7-10-13-16-19-22-24-26-28-30-31-32-33-34-35-36-37-38-39-40-41-42-43-44-46-47-49-51-54-57-60-63-66-69-75(78)81-72-73(71-80-74(77)68-65-62-59-56-53-21-18-15-12-9-6-3)82-76(79)70-67-64-61-58-55-52-50-48-45-29-27-25-23-20-17-14-11-8-5-2/h8,11,15,17-18,20,25,27,45,48,52,55,61,64,73H,4-7,9-10,12-14,16,19,21-24,26,28-44,46-47,49-51,53-54,56-60,62-63,65-72H2,1-3H3/b11-8-,18-15-,20-17-,27-25-,48-45-,55-52-,64-61-. The lowest BCUT2D eigenvalue weighted by Gasteiger charge is -2.18. The van der Waals surface area contributed by atoms with Crippen molar-refractivity contribution in [3.63, 3.8) is 0 Å². The summed E-state index contributed by atoms with van der Waals surface area (Å²) in [4.78, 5) is 38.2. The minimum absolute atomic E-state index is 0.107. The van der Waals surface area contributed by atoms with E-state index in [1.165, 1.54) is 225 Å². The number of allylic oxidation sites excluding steroid dienone is 14. The van der Waals surface area contributed by atoms with Crippen LogP contribution in [0.3, 0.4) is 0 Å². The maximum absolute atomic E-state index is 12.9. The maximum Gasteiger partial charge on any atom is 0.306 e. The summed E-state index contributed by atoms with van der Waals surface area (Å²) >= 11 is 0. The molecule has 0 saturated heterocycles. The van der Waals surface area contributed by atoms with E-state index >= 15 is 0 Å². The smallest absolute Gasteiger partial charge is 0.306 e. The third-order valence-corrected chi connectivity index (χ3v) is 15.6. The van der Waals surface area contributed by atoms with Crippen molar-refractivity contribution in [1.82, 2.24) is 0 Å². The molecule has 0 saturated carbocycles. The van der Waals surface area contributed by atoms with Crippen molar-refractivity contribution in [3.8, 4) is 0 Å². The zero-order chi connectivity index (χ0) is 59.2. The molecule has 0 N–H and O–H groups in total. The van der Waals surface area contributed by atoms with Crippen molar-refractivity contribution in [2.75, 3.05) is 13.2 Å². The van der Waals surface area contributed by atoms with Crippen LogP contribution in [0.15, 0.2) is 85.1 Å². The number of unbranched alkanes of at least 4 members (excludes halogenated alkanes) is 40. The van der Waals surface area contributed by atoms with Crippen LogP contribution in [0.5, 0.6) is 0 Å². The van der Waals surface area contributed by atoms with Crippen molar-refractivity contribution in [2.24, 2.45) is 0 Å². The SMILES string of the molecule is CC/C=C\C/C=C\C/C=C\C/C=C\C/C=C\C/C=C\CCC(=O)OC(COC(=O)CCCCCCC/C=C\CCCC)COC(=O)CCCCCCCCCCCCCCCCCCCCCCCCCCCCCCCCCCCC. The highest BCUT2D eigenvalue weighted by molar-refractivity contribution is 5.71. The summed E-state index contributed by atoms with van der Waals surface area (Å²) in [5.74, 6) is -0.989. The first-order valence-electron chi connectivity index (χ1n) is 35.6. The number of hydrogen-bond donors (Lipinski definition) is 0. The molecule has 0 aromatic heterocycles. The molecule has 0 rings (SSSR count). The van der Waals surface area contributed by atoms with Crippen LogP contribution in [0.4, 0.5) is 0 Å². The predicted molar refractivity (Wildman–Crippen MR) is 358 cm³/mol. The van der Waals surface area contributed by atoms with Crippen molar-refractivity contribution in [1.29, 1.82) is 0 Å². The lowest BCUT2D eigenvalue weighted by Crippen LogP contribution is -2.30. The molecule has 0 fully saturated rings. The van der Waals surface area contributed by atoms with Crippen LogP contribution in [0, 0.1) is 0 Å². The van der Waals surface area contributed by atoms with Crippen LogP contribution in [0.25, 0.3) is 0 Å². The third-order valence-electron chi connectivity index (χ3n) is 15.6. The molecule has 0 spiro atoms. The second kappa shape index (κ2) is 70.1. The topological polar surface area (TPSA) is 78.9 Å². The van der Waals surface area contributed by atoms with Gasteiger partial charge in [-0.15, -0.1) is 0 Å². The Morgan fingerprint density at radius 1 is 0.256 bits per heavy atom. The summed E-state index contributed by atoms with van der Waals surface area (Å²) < 4.78 is 16.8. The molecule has 6 nitrogen and oxygen atoms in total. The number of carbonyl (C=O) groups excluding carboxylic acids is 3. The van der Waals surface area contributed by atoms with Gasteiger partial charge in [0.15, 0.2) is 6.10 Å². The Morgan fingerprint density at radius 3 is 0.829 bits per heavy atom. The summed E-state index contributed by atoms with van der Waals surface area (Å²) in [6.07, 6.45) is 93.8. The Labute approximate surface area is 509 Å². The average molecular weight is 1140 g/mol. The second-order valence-corrected chi connectivity index (χ2v) is 23.8. The molecule has 0 bridgehead atoms. The summed E-state index contributed by atoms with van der Waals surface area (Å²) in [5, 5.41) is 0. The Balaban J connectivity index is 4.14. The number of esters is 3. The van der Waals surface area contributed by atoms with Gasteiger partial charge in [-0.1, -0.05) is 350 Å². The van der Waals surface area contributed by atoms with E-state index in [-0.39, 0.29) is 31.6 Å². The Bertz CT molecular complexity index is 1550. The summed E-state index contributed by atoms with van der Waals surface area (Å²) in [6, 6.07) is 0. The highest BCUT2D eigenvalue weighted by Gasteiger charge is 2.19. The molecule has 0 radical (unpaired) electrons. The molecule has 0 aliphatic carbocycles. The molecule has 82 heavy (non-hydrogen) atoms. The summed E-state index contributed by atoms with van der Waals surface area (Å²) in [5.41, 5.74) is 0. The van der Waals surface area contributed by atoms with Crippen LogP contribution < -0.4 is 0 Å². The van der Waals surface area contributed by atoms with Crippen molar-refractivity contribution in [3.05, 3.63) is 85.1 Å². The first-order chi connectivity index (χ1) is 40.5. The quantitative estimate of drug-likeness (QED) is 0.0261. The van der Waals surface area contributed by atoms with E-state index in [1.54, 1.807) is 0 Å². The molecule has 6 heteroatoms. The van der Waals surface area contributed by atoms with Gasteiger partial charge in [-0.2, -0.15) is 0 Å². The van der Waals surface area contributed by atoms with Crippen LogP contribution in [-0.4, -0.2) is 37.2 Å². The van der Waals surface area contributed by atoms with Gasteiger partial charge in [0.25, 0.3) is 0 Å². The fourth-order valence-corrected chi connectivity index (χ4v) is 10.3. The number of rotatable bonds is 65. The predicted octanol–water partition coefficient (Wildman–Crippen LogP) is 24.6. The van der Waals surface area contributed by atoms with Crippen LogP contribution in [0.2, 0.25) is 0 Å². The highest BCUT2D eigenvalue weighted by atomic mass is 16.6. The molecule has 0 aromatic carbocycles. The summed E-state index contributed by atoms with van der Waals surface area (Å²) in [7, 11) is 0. The van der Waals surface area contributed by atoms with Crippen molar-refractivity contribution < 1.29 is 28.6 Å².